The van der Waals surface area contributed by atoms with Crippen molar-refractivity contribution in [1.82, 2.24) is 15.1 Å². The van der Waals surface area contributed by atoms with Gasteiger partial charge in [-0.3, -0.25) is 9.48 Å². The lowest BCUT2D eigenvalue weighted by Crippen LogP contribution is -2.31. The van der Waals surface area contributed by atoms with E-state index in [0.29, 0.717) is 6.04 Å². The molecule has 5 heteroatoms. The topological polar surface area (TPSA) is 46.9 Å². The fourth-order valence-electron chi connectivity index (χ4n) is 2.20. The van der Waals surface area contributed by atoms with Crippen LogP contribution in [0.2, 0.25) is 0 Å². The van der Waals surface area contributed by atoms with Crippen LogP contribution >= 0.6 is 11.6 Å². The minimum absolute atomic E-state index is 0.0106. The van der Waals surface area contributed by atoms with Crippen LogP contribution in [0.3, 0.4) is 0 Å². The lowest BCUT2D eigenvalue weighted by Gasteiger charge is -2.21. The van der Waals surface area contributed by atoms with Crippen LogP contribution in [-0.4, -0.2) is 21.6 Å². The number of carbonyl (C=O) groups excluding carboxylic acids is 1. The fraction of sp³-hybridized carbons (Fsp3) is 0.667. The Morgan fingerprint density at radius 3 is 3.12 bits per heavy atom. The molecule has 0 bridgehead atoms. The molecule has 2 rings (SSSR count). The molecule has 1 N–H and O–H groups in total. The maximum Gasteiger partial charge on any atom is 0.235 e. The van der Waals surface area contributed by atoms with Crippen molar-refractivity contribution in [2.75, 3.05) is 5.88 Å². The number of halogens is 1. The van der Waals surface area contributed by atoms with E-state index in [0.717, 1.165) is 25.0 Å². The Kier molecular flexibility index (Phi) is 3.72. The Morgan fingerprint density at radius 1 is 1.71 bits per heavy atom. The summed E-state index contributed by atoms with van der Waals surface area (Å²) in [5, 5.41) is 7.51. The predicted octanol–water partition coefficient (Wildman–Crippen LogP) is 2.20. The summed E-state index contributed by atoms with van der Waals surface area (Å²) in [5.41, 5.74) is 2.27. The summed E-state index contributed by atoms with van der Waals surface area (Å²) in [6.07, 6.45) is 5.18. The van der Waals surface area contributed by atoms with Crippen molar-refractivity contribution in [3.63, 3.8) is 0 Å². The normalized spacial score (nSPS) is 19.2. The molecular formula is C12H18ClN3O. The molecule has 0 fully saturated rings. The van der Waals surface area contributed by atoms with Crippen LogP contribution < -0.4 is 5.32 Å². The SMILES string of the molecule is CC(C)n1cc2c(n1)C(NC(=O)CCl)CCC2. The third-order valence-corrected chi connectivity index (χ3v) is 3.34. The molecule has 0 aromatic carbocycles. The van der Waals surface area contributed by atoms with Gasteiger partial charge in [-0.25, -0.2) is 0 Å². The highest BCUT2D eigenvalue weighted by atomic mass is 35.5. The van der Waals surface area contributed by atoms with Gasteiger partial charge in [0.1, 0.15) is 5.88 Å². The minimum atomic E-state index is -0.122. The first-order chi connectivity index (χ1) is 8.11. The maximum absolute atomic E-state index is 11.4. The Morgan fingerprint density at radius 2 is 2.47 bits per heavy atom. The van der Waals surface area contributed by atoms with Crippen LogP contribution in [0.25, 0.3) is 0 Å². The van der Waals surface area contributed by atoms with Gasteiger partial charge in [0.2, 0.25) is 5.91 Å². The molecule has 1 aromatic heterocycles. The number of aromatic nitrogens is 2. The third-order valence-electron chi connectivity index (χ3n) is 3.09. The van der Waals surface area contributed by atoms with E-state index < -0.39 is 0 Å². The number of nitrogens with zero attached hydrogens (tertiary/aromatic N) is 2. The van der Waals surface area contributed by atoms with Crippen molar-refractivity contribution in [3.8, 4) is 0 Å². The number of fused-ring (bicyclic) bond motifs is 1. The predicted molar refractivity (Wildman–Crippen MR) is 67.2 cm³/mol. The van der Waals surface area contributed by atoms with E-state index in [1.807, 2.05) is 4.68 Å². The molecule has 17 heavy (non-hydrogen) atoms. The average Bonchev–Trinajstić information content (AvgIpc) is 2.74. The van der Waals surface area contributed by atoms with Crippen LogP contribution in [0, 0.1) is 0 Å². The summed E-state index contributed by atoms with van der Waals surface area (Å²) in [6.45, 7) is 4.20. The molecule has 1 heterocycles. The van der Waals surface area contributed by atoms with Crippen LogP contribution in [0.1, 0.15) is 50.0 Å². The molecule has 1 aromatic rings. The Hall–Kier alpha value is -1.03. The van der Waals surface area contributed by atoms with Crippen LogP contribution in [0.15, 0.2) is 6.20 Å². The number of alkyl halides is 1. The zero-order chi connectivity index (χ0) is 12.4. The Labute approximate surface area is 106 Å². The van der Waals surface area contributed by atoms with Gasteiger partial charge in [0.05, 0.1) is 11.7 Å². The molecule has 1 aliphatic carbocycles. The van der Waals surface area contributed by atoms with E-state index in [9.17, 15) is 4.79 Å². The fourth-order valence-corrected chi connectivity index (χ4v) is 2.28. The quantitative estimate of drug-likeness (QED) is 0.842. The largest absolute Gasteiger partial charge is 0.347 e. The highest BCUT2D eigenvalue weighted by Crippen LogP contribution is 2.29. The van der Waals surface area contributed by atoms with Crippen LogP contribution in [-0.2, 0) is 11.2 Å². The Bertz CT molecular complexity index is 414. The monoisotopic (exact) mass is 255 g/mol. The molecule has 94 valence electrons. The van der Waals surface area contributed by atoms with Crippen molar-refractivity contribution in [2.24, 2.45) is 0 Å². The molecule has 0 saturated carbocycles. The molecule has 1 atom stereocenters. The zero-order valence-corrected chi connectivity index (χ0v) is 11.0. The molecule has 1 amide bonds. The van der Waals surface area contributed by atoms with Gasteiger partial charge in [0.25, 0.3) is 0 Å². The molecule has 1 aliphatic rings. The highest BCUT2D eigenvalue weighted by molar-refractivity contribution is 6.27. The van der Waals surface area contributed by atoms with Crippen molar-refractivity contribution in [3.05, 3.63) is 17.5 Å². The number of rotatable bonds is 3. The first-order valence-corrected chi connectivity index (χ1v) is 6.58. The van der Waals surface area contributed by atoms with Crippen LogP contribution in [0.4, 0.5) is 0 Å². The molecule has 0 saturated heterocycles. The van der Waals surface area contributed by atoms with Crippen molar-refractivity contribution < 1.29 is 4.79 Å². The van der Waals surface area contributed by atoms with E-state index in [2.05, 4.69) is 30.5 Å². The summed E-state index contributed by atoms with van der Waals surface area (Å²) in [6, 6.07) is 0.384. The van der Waals surface area contributed by atoms with Gasteiger partial charge in [-0.1, -0.05) is 0 Å². The first-order valence-electron chi connectivity index (χ1n) is 6.05. The summed E-state index contributed by atoms with van der Waals surface area (Å²) in [7, 11) is 0. The number of hydrogen-bond donors (Lipinski definition) is 1. The number of carbonyl (C=O) groups is 1. The van der Waals surface area contributed by atoms with E-state index in [1.165, 1.54) is 5.56 Å². The number of aryl methyl sites for hydroxylation is 1. The van der Waals surface area contributed by atoms with Gasteiger partial charge >= 0.3 is 0 Å². The molecule has 4 nitrogen and oxygen atoms in total. The van der Waals surface area contributed by atoms with Gasteiger partial charge < -0.3 is 5.32 Å². The van der Waals surface area contributed by atoms with Crippen molar-refractivity contribution >= 4 is 17.5 Å². The number of hydrogen-bond acceptors (Lipinski definition) is 2. The molecule has 1 unspecified atom stereocenters. The second-order valence-electron chi connectivity index (χ2n) is 4.76. The lowest BCUT2D eigenvalue weighted by atomic mass is 9.94. The third kappa shape index (κ3) is 2.63. The van der Waals surface area contributed by atoms with Crippen LogP contribution in [0.5, 0.6) is 0 Å². The molecule has 0 aliphatic heterocycles. The Balaban J connectivity index is 2.21. The van der Waals surface area contributed by atoms with Gasteiger partial charge in [0, 0.05) is 12.2 Å². The number of amides is 1. The zero-order valence-electron chi connectivity index (χ0n) is 10.2. The van der Waals surface area contributed by atoms with E-state index in [4.69, 9.17) is 11.6 Å². The van der Waals surface area contributed by atoms with Gasteiger partial charge in [-0.05, 0) is 38.7 Å². The smallest absolute Gasteiger partial charge is 0.235 e. The second-order valence-corrected chi connectivity index (χ2v) is 5.03. The minimum Gasteiger partial charge on any atom is -0.347 e. The van der Waals surface area contributed by atoms with Crippen molar-refractivity contribution in [2.45, 2.75) is 45.2 Å². The molecule has 0 radical (unpaired) electrons. The van der Waals surface area contributed by atoms with E-state index >= 15 is 0 Å². The standard InChI is InChI=1S/C12H18ClN3O/c1-8(2)16-7-9-4-3-5-10(12(9)15-16)14-11(17)6-13/h7-8,10H,3-6H2,1-2H3,(H,14,17). The first kappa shape index (κ1) is 12.4. The highest BCUT2D eigenvalue weighted by Gasteiger charge is 2.25. The second kappa shape index (κ2) is 5.08. The molecule has 0 spiro atoms. The van der Waals surface area contributed by atoms with Gasteiger partial charge in [0.15, 0.2) is 0 Å². The summed E-state index contributed by atoms with van der Waals surface area (Å²) >= 11 is 5.52. The number of nitrogens with one attached hydrogen (secondary N) is 1. The lowest BCUT2D eigenvalue weighted by molar-refractivity contribution is -0.119. The van der Waals surface area contributed by atoms with Gasteiger partial charge in [-0.2, -0.15) is 5.10 Å². The van der Waals surface area contributed by atoms with Gasteiger partial charge in [-0.15, -0.1) is 11.6 Å². The molecular weight excluding hydrogens is 238 g/mol. The maximum atomic E-state index is 11.4. The summed E-state index contributed by atoms with van der Waals surface area (Å²) in [4.78, 5) is 11.4. The van der Waals surface area contributed by atoms with E-state index in [1.54, 1.807) is 0 Å². The van der Waals surface area contributed by atoms with E-state index in [-0.39, 0.29) is 17.8 Å². The average molecular weight is 256 g/mol. The summed E-state index contributed by atoms with van der Waals surface area (Å²) in [5.74, 6) is -0.111. The van der Waals surface area contributed by atoms with Crippen molar-refractivity contribution in [1.29, 1.82) is 0 Å². The summed E-state index contributed by atoms with van der Waals surface area (Å²) < 4.78 is 1.97.